The van der Waals surface area contributed by atoms with Gasteiger partial charge in [0.2, 0.25) is 0 Å². The van der Waals surface area contributed by atoms with E-state index in [1.807, 2.05) is 25.5 Å². The highest BCUT2D eigenvalue weighted by Gasteiger charge is 1.91. The number of pyridine rings is 1. The van der Waals surface area contributed by atoms with Crippen LogP contribution in [0.15, 0.2) is 24.5 Å². The molecule has 0 aliphatic rings. The molecule has 2 N–H and O–H groups in total. The van der Waals surface area contributed by atoms with Crippen LogP contribution < -0.4 is 10.6 Å². The van der Waals surface area contributed by atoms with Gasteiger partial charge in [0.1, 0.15) is 0 Å². The fourth-order valence-corrected chi connectivity index (χ4v) is 1.29. The molecule has 0 amide bonds. The molecule has 14 heavy (non-hydrogen) atoms. The third-order valence-electron chi connectivity index (χ3n) is 2.09. The summed E-state index contributed by atoms with van der Waals surface area (Å²) < 4.78 is 0. The molecule has 1 aromatic heterocycles. The number of nitrogens with zero attached hydrogens (tertiary/aromatic N) is 1. The van der Waals surface area contributed by atoms with Crippen LogP contribution in [0.2, 0.25) is 0 Å². The van der Waals surface area contributed by atoms with Crippen molar-refractivity contribution in [1.82, 2.24) is 15.6 Å². The smallest absolute Gasteiger partial charge is 0.0300 e. The molecular weight excluding hydrogens is 174 g/mol. The molecule has 1 aromatic rings. The molecule has 0 saturated heterocycles. The van der Waals surface area contributed by atoms with E-state index in [-0.39, 0.29) is 0 Å². The van der Waals surface area contributed by atoms with Crippen molar-refractivity contribution >= 4 is 0 Å². The maximum absolute atomic E-state index is 4.08. The van der Waals surface area contributed by atoms with E-state index in [4.69, 9.17) is 0 Å². The lowest BCUT2D eigenvalue weighted by molar-refractivity contribution is 0.624. The second kappa shape index (κ2) is 7.47. The Hall–Kier alpha value is -0.930. The van der Waals surface area contributed by atoms with Gasteiger partial charge in [-0.25, -0.2) is 0 Å². The van der Waals surface area contributed by atoms with Crippen molar-refractivity contribution in [3.05, 3.63) is 30.1 Å². The predicted molar refractivity (Wildman–Crippen MR) is 59.4 cm³/mol. The van der Waals surface area contributed by atoms with Crippen LogP contribution in [-0.4, -0.2) is 31.7 Å². The Kier molecular flexibility index (Phi) is 5.95. The zero-order chi connectivity index (χ0) is 10.1. The van der Waals surface area contributed by atoms with E-state index in [1.54, 1.807) is 0 Å². The SMILES string of the molecule is CNCCCNCCc1cccnc1. The van der Waals surface area contributed by atoms with E-state index < -0.39 is 0 Å². The molecule has 3 nitrogen and oxygen atoms in total. The molecule has 0 spiro atoms. The lowest BCUT2D eigenvalue weighted by atomic mass is 10.2. The fourth-order valence-electron chi connectivity index (χ4n) is 1.29. The summed E-state index contributed by atoms with van der Waals surface area (Å²) in [6.07, 6.45) is 5.98. The molecule has 0 bridgehead atoms. The van der Waals surface area contributed by atoms with Crippen LogP contribution in [0.5, 0.6) is 0 Å². The van der Waals surface area contributed by atoms with Crippen LogP contribution in [0.25, 0.3) is 0 Å². The van der Waals surface area contributed by atoms with E-state index >= 15 is 0 Å². The monoisotopic (exact) mass is 193 g/mol. The van der Waals surface area contributed by atoms with Gasteiger partial charge in [0.15, 0.2) is 0 Å². The number of hydrogen-bond acceptors (Lipinski definition) is 3. The van der Waals surface area contributed by atoms with Crippen molar-refractivity contribution in [3.63, 3.8) is 0 Å². The summed E-state index contributed by atoms with van der Waals surface area (Å²) >= 11 is 0. The first-order valence-corrected chi connectivity index (χ1v) is 5.17. The van der Waals surface area contributed by atoms with Crippen LogP contribution in [-0.2, 0) is 6.42 Å². The molecule has 0 aromatic carbocycles. The molecule has 1 rings (SSSR count). The van der Waals surface area contributed by atoms with E-state index in [0.717, 1.165) is 26.1 Å². The summed E-state index contributed by atoms with van der Waals surface area (Å²) in [6, 6.07) is 4.10. The Morgan fingerprint density at radius 1 is 1.29 bits per heavy atom. The topological polar surface area (TPSA) is 37.0 Å². The highest BCUT2D eigenvalue weighted by molar-refractivity contribution is 5.08. The van der Waals surface area contributed by atoms with E-state index in [2.05, 4.69) is 21.7 Å². The van der Waals surface area contributed by atoms with Crippen LogP contribution in [0.4, 0.5) is 0 Å². The quantitative estimate of drug-likeness (QED) is 0.630. The first-order chi connectivity index (χ1) is 6.93. The minimum absolute atomic E-state index is 1.04. The van der Waals surface area contributed by atoms with Crippen LogP contribution in [0.1, 0.15) is 12.0 Å². The Balaban J connectivity index is 1.99. The summed E-state index contributed by atoms with van der Waals surface area (Å²) in [7, 11) is 1.98. The second-order valence-electron chi connectivity index (χ2n) is 3.32. The standard InChI is InChI=1S/C11H19N3/c1-12-6-3-8-13-9-5-11-4-2-7-14-10-11/h2,4,7,10,12-13H,3,5-6,8-9H2,1H3. The van der Waals surface area contributed by atoms with Crippen LogP contribution in [0, 0.1) is 0 Å². The minimum Gasteiger partial charge on any atom is -0.320 e. The van der Waals surface area contributed by atoms with Gasteiger partial charge in [-0.1, -0.05) is 6.07 Å². The molecular formula is C11H19N3. The van der Waals surface area contributed by atoms with Gasteiger partial charge in [-0.15, -0.1) is 0 Å². The molecule has 3 heteroatoms. The van der Waals surface area contributed by atoms with Crippen molar-refractivity contribution in [2.45, 2.75) is 12.8 Å². The number of aromatic nitrogens is 1. The minimum atomic E-state index is 1.04. The van der Waals surface area contributed by atoms with Gasteiger partial charge in [-0.05, 0) is 51.2 Å². The summed E-state index contributed by atoms with van der Waals surface area (Å²) in [6.45, 7) is 3.20. The zero-order valence-electron chi connectivity index (χ0n) is 8.79. The molecule has 0 unspecified atom stereocenters. The van der Waals surface area contributed by atoms with Crippen molar-refractivity contribution in [3.8, 4) is 0 Å². The van der Waals surface area contributed by atoms with E-state index in [0.29, 0.717) is 0 Å². The third kappa shape index (κ3) is 4.94. The van der Waals surface area contributed by atoms with Gasteiger partial charge < -0.3 is 10.6 Å². The molecule has 0 saturated carbocycles. The van der Waals surface area contributed by atoms with Crippen molar-refractivity contribution in [2.24, 2.45) is 0 Å². The van der Waals surface area contributed by atoms with Gasteiger partial charge >= 0.3 is 0 Å². The Labute approximate surface area is 85.9 Å². The highest BCUT2D eigenvalue weighted by Crippen LogP contribution is 1.95. The van der Waals surface area contributed by atoms with Gasteiger partial charge in [0.25, 0.3) is 0 Å². The second-order valence-corrected chi connectivity index (χ2v) is 3.32. The average molecular weight is 193 g/mol. The van der Waals surface area contributed by atoms with Crippen molar-refractivity contribution < 1.29 is 0 Å². The van der Waals surface area contributed by atoms with Crippen molar-refractivity contribution in [1.29, 1.82) is 0 Å². The highest BCUT2D eigenvalue weighted by atomic mass is 14.9. The summed E-state index contributed by atoms with van der Waals surface area (Å²) in [5.41, 5.74) is 1.30. The molecule has 0 aliphatic heterocycles. The zero-order valence-corrected chi connectivity index (χ0v) is 8.79. The largest absolute Gasteiger partial charge is 0.320 e. The first kappa shape index (κ1) is 11.1. The lowest BCUT2D eigenvalue weighted by Crippen LogP contribution is -2.21. The molecule has 0 atom stereocenters. The molecule has 0 aliphatic carbocycles. The van der Waals surface area contributed by atoms with Gasteiger partial charge in [0, 0.05) is 12.4 Å². The van der Waals surface area contributed by atoms with Crippen molar-refractivity contribution in [2.75, 3.05) is 26.7 Å². The van der Waals surface area contributed by atoms with Gasteiger partial charge in [0.05, 0.1) is 0 Å². The maximum atomic E-state index is 4.08. The Morgan fingerprint density at radius 3 is 2.93 bits per heavy atom. The number of hydrogen-bond donors (Lipinski definition) is 2. The van der Waals surface area contributed by atoms with Crippen LogP contribution >= 0.6 is 0 Å². The van der Waals surface area contributed by atoms with Gasteiger partial charge in [-0.3, -0.25) is 4.98 Å². The average Bonchev–Trinajstić information content (AvgIpc) is 2.25. The lowest BCUT2D eigenvalue weighted by Gasteiger charge is -2.03. The van der Waals surface area contributed by atoms with E-state index in [9.17, 15) is 0 Å². The van der Waals surface area contributed by atoms with E-state index in [1.165, 1.54) is 12.0 Å². The first-order valence-electron chi connectivity index (χ1n) is 5.17. The number of rotatable bonds is 7. The molecule has 1 heterocycles. The Morgan fingerprint density at radius 2 is 2.21 bits per heavy atom. The third-order valence-corrected chi connectivity index (χ3v) is 2.09. The van der Waals surface area contributed by atoms with Gasteiger partial charge in [-0.2, -0.15) is 0 Å². The molecule has 78 valence electrons. The maximum Gasteiger partial charge on any atom is 0.0300 e. The molecule has 0 fully saturated rings. The number of nitrogens with one attached hydrogen (secondary N) is 2. The normalized spacial score (nSPS) is 10.4. The molecule has 0 radical (unpaired) electrons. The summed E-state index contributed by atoms with van der Waals surface area (Å²) in [5, 5.41) is 6.53. The summed E-state index contributed by atoms with van der Waals surface area (Å²) in [4.78, 5) is 4.08. The predicted octanol–water partition coefficient (Wildman–Crippen LogP) is 0.823. The summed E-state index contributed by atoms with van der Waals surface area (Å²) in [5.74, 6) is 0. The fraction of sp³-hybridized carbons (Fsp3) is 0.545. The van der Waals surface area contributed by atoms with Crippen LogP contribution in [0.3, 0.4) is 0 Å². The Bertz CT molecular complexity index is 223.